The molecule has 0 radical (unpaired) electrons. The molecule has 3 aromatic rings. The second-order valence-corrected chi connectivity index (χ2v) is 5.88. The summed E-state index contributed by atoms with van der Waals surface area (Å²) in [5.41, 5.74) is 1.94. The van der Waals surface area contributed by atoms with Crippen molar-refractivity contribution in [3.8, 4) is 17.2 Å². The highest BCUT2D eigenvalue weighted by molar-refractivity contribution is 5.65. The molecule has 0 saturated carbocycles. The zero-order valence-corrected chi connectivity index (χ0v) is 14.9. The van der Waals surface area contributed by atoms with Crippen LogP contribution in [-0.2, 0) is 6.54 Å². The quantitative estimate of drug-likeness (QED) is 0.657. The van der Waals surface area contributed by atoms with Gasteiger partial charge in [0.05, 0.1) is 12.3 Å². The minimum Gasteiger partial charge on any atom is -0.492 e. The Labute approximate surface area is 157 Å². The largest absolute Gasteiger partial charge is 0.492 e. The molecule has 4 rings (SSSR count). The van der Waals surface area contributed by atoms with Gasteiger partial charge in [-0.15, -0.1) is 0 Å². The number of para-hydroxylation sites is 2. The van der Waals surface area contributed by atoms with E-state index in [1.165, 1.54) is 6.33 Å². The molecule has 7 nitrogen and oxygen atoms in total. The van der Waals surface area contributed by atoms with Crippen molar-refractivity contribution < 1.29 is 14.2 Å². The minimum atomic E-state index is 0.274. The lowest BCUT2D eigenvalue weighted by Crippen LogP contribution is -2.04. The number of aromatic nitrogens is 2. The zero-order valence-electron chi connectivity index (χ0n) is 14.9. The van der Waals surface area contributed by atoms with Crippen LogP contribution in [0.3, 0.4) is 0 Å². The van der Waals surface area contributed by atoms with Crippen molar-refractivity contribution in [3.05, 3.63) is 60.4 Å². The maximum atomic E-state index is 5.64. The molecule has 138 valence electrons. The van der Waals surface area contributed by atoms with Gasteiger partial charge in [0.15, 0.2) is 11.5 Å². The third kappa shape index (κ3) is 4.03. The van der Waals surface area contributed by atoms with E-state index >= 15 is 0 Å². The highest BCUT2D eigenvalue weighted by Gasteiger charge is 2.13. The van der Waals surface area contributed by atoms with Gasteiger partial charge in [-0.2, -0.15) is 0 Å². The molecular formula is C20H20N4O3. The first-order chi connectivity index (χ1) is 13.3. The van der Waals surface area contributed by atoms with E-state index in [4.69, 9.17) is 14.2 Å². The molecule has 27 heavy (non-hydrogen) atoms. The van der Waals surface area contributed by atoms with Crippen molar-refractivity contribution >= 4 is 17.3 Å². The number of nitrogens with one attached hydrogen (secondary N) is 2. The van der Waals surface area contributed by atoms with Gasteiger partial charge < -0.3 is 24.8 Å². The lowest BCUT2D eigenvalue weighted by Gasteiger charge is -2.12. The van der Waals surface area contributed by atoms with Crippen LogP contribution in [0.4, 0.5) is 17.3 Å². The van der Waals surface area contributed by atoms with Crippen molar-refractivity contribution in [3.63, 3.8) is 0 Å². The van der Waals surface area contributed by atoms with E-state index in [0.717, 1.165) is 34.3 Å². The summed E-state index contributed by atoms with van der Waals surface area (Å²) >= 11 is 0. The molecule has 2 heterocycles. The molecular weight excluding hydrogens is 344 g/mol. The number of ether oxygens (including phenoxy) is 3. The Morgan fingerprint density at radius 2 is 1.85 bits per heavy atom. The van der Waals surface area contributed by atoms with E-state index in [2.05, 4.69) is 20.6 Å². The van der Waals surface area contributed by atoms with Gasteiger partial charge in [0.25, 0.3) is 0 Å². The van der Waals surface area contributed by atoms with E-state index in [9.17, 15) is 0 Å². The van der Waals surface area contributed by atoms with Crippen LogP contribution in [0.15, 0.2) is 54.9 Å². The van der Waals surface area contributed by atoms with E-state index < -0.39 is 0 Å². The lowest BCUT2D eigenvalue weighted by molar-refractivity contribution is 0.174. The topological polar surface area (TPSA) is 77.5 Å². The van der Waals surface area contributed by atoms with E-state index in [0.29, 0.717) is 19.0 Å². The highest BCUT2D eigenvalue weighted by atomic mass is 16.7. The summed E-state index contributed by atoms with van der Waals surface area (Å²) in [5.74, 6) is 3.74. The van der Waals surface area contributed by atoms with E-state index in [-0.39, 0.29) is 6.79 Å². The molecule has 0 fully saturated rings. The number of fused-ring (bicyclic) bond motifs is 1. The number of rotatable bonds is 7. The van der Waals surface area contributed by atoms with E-state index in [1.54, 1.807) is 0 Å². The minimum absolute atomic E-state index is 0.274. The van der Waals surface area contributed by atoms with Crippen molar-refractivity contribution in [1.82, 2.24) is 9.97 Å². The first-order valence-corrected chi connectivity index (χ1v) is 8.75. The van der Waals surface area contributed by atoms with Crippen LogP contribution in [0, 0.1) is 0 Å². The molecule has 0 spiro atoms. The monoisotopic (exact) mass is 364 g/mol. The SMILES string of the molecule is CCOc1ccccc1Nc1cc(NCc2ccc3c(c2)OCO3)ncn1. The van der Waals surface area contributed by atoms with E-state index in [1.807, 2.05) is 55.5 Å². The third-order valence-corrected chi connectivity index (χ3v) is 4.03. The molecule has 0 bridgehead atoms. The fourth-order valence-electron chi connectivity index (χ4n) is 2.76. The van der Waals surface area contributed by atoms with Crippen LogP contribution in [0.5, 0.6) is 17.2 Å². The smallest absolute Gasteiger partial charge is 0.231 e. The fourth-order valence-corrected chi connectivity index (χ4v) is 2.76. The molecule has 1 aliphatic heterocycles. The molecule has 1 aliphatic rings. The van der Waals surface area contributed by atoms with Crippen molar-refractivity contribution in [1.29, 1.82) is 0 Å². The Morgan fingerprint density at radius 1 is 1.00 bits per heavy atom. The number of nitrogens with zero attached hydrogens (tertiary/aromatic N) is 2. The standard InChI is InChI=1S/C20H20N4O3/c1-2-25-16-6-4-3-5-15(16)24-20-10-19(22-12-23-20)21-11-14-7-8-17-18(9-14)27-13-26-17/h3-10,12H,2,11,13H2,1H3,(H2,21,22,23,24). The average Bonchev–Trinajstić information content (AvgIpc) is 3.16. The summed E-state index contributed by atoms with van der Waals surface area (Å²) in [6, 6.07) is 15.5. The van der Waals surface area contributed by atoms with Gasteiger partial charge in [0.1, 0.15) is 23.7 Å². The van der Waals surface area contributed by atoms with Crippen LogP contribution in [-0.4, -0.2) is 23.4 Å². The predicted molar refractivity (Wildman–Crippen MR) is 103 cm³/mol. The van der Waals surface area contributed by atoms with Crippen molar-refractivity contribution in [2.75, 3.05) is 24.0 Å². The van der Waals surface area contributed by atoms with Gasteiger partial charge in [-0.1, -0.05) is 18.2 Å². The molecule has 0 saturated heterocycles. The number of anilines is 3. The Balaban J connectivity index is 1.43. The second kappa shape index (κ2) is 7.82. The first kappa shape index (κ1) is 17.0. The summed E-state index contributed by atoms with van der Waals surface area (Å²) in [5, 5.41) is 6.58. The predicted octanol–water partition coefficient (Wildman–Crippen LogP) is 3.96. The fraction of sp³-hybridized carbons (Fsp3) is 0.200. The van der Waals surface area contributed by atoms with Crippen molar-refractivity contribution in [2.45, 2.75) is 13.5 Å². The maximum Gasteiger partial charge on any atom is 0.231 e. The summed E-state index contributed by atoms with van der Waals surface area (Å²) in [6.45, 7) is 3.45. The number of hydrogen-bond donors (Lipinski definition) is 2. The zero-order chi connectivity index (χ0) is 18.5. The molecule has 0 unspecified atom stereocenters. The molecule has 1 aromatic heterocycles. The molecule has 7 heteroatoms. The average molecular weight is 364 g/mol. The molecule has 0 amide bonds. The Bertz CT molecular complexity index is 933. The van der Waals surface area contributed by atoms with Gasteiger partial charge in [-0.05, 0) is 36.8 Å². The lowest BCUT2D eigenvalue weighted by atomic mass is 10.2. The summed E-state index contributed by atoms with van der Waals surface area (Å²) in [6.07, 6.45) is 1.52. The van der Waals surface area contributed by atoms with Gasteiger partial charge in [0.2, 0.25) is 6.79 Å². The van der Waals surface area contributed by atoms with Crippen LogP contribution in [0.2, 0.25) is 0 Å². The highest BCUT2D eigenvalue weighted by Crippen LogP contribution is 2.32. The van der Waals surface area contributed by atoms with Gasteiger partial charge in [-0.25, -0.2) is 9.97 Å². The van der Waals surface area contributed by atoms with Gasteiger partial charge in [0, 0.05) is 12.6 Å². The summed E-state index contributed by atoms with van der Waals surface area (Å²) < 4.78 is 16.4. The van der Waals surface area contributed by atoms with Gasteiger partial charge >= 0.3 is 0 Å². The normalized spacial score (nSPS) is 11.9. The van der Waals surface area contributed by atoms with Crippen LogP contribution < -0.4 is 24.8 Å². The van der Waals surface area contributed by atoms with Crippen molar-refractivity contribution in [2.24, 2.45) is 0 Å². The number of hydrogen-bond acceptors (Lipinski definition) is 7. The maximum absolute atomic E-state index is 5.64. The Hall–Kier alpha value is -3.48. The molecule has 0 atom stereocenters. The molecule has 0 aliphatic carbocycles. The summed E-state index contributed by atoms with van der Waals surface area (Å²) in [4.78, 5) is 8.56. The second-order valence-electron chi connectivity index (χ2n) is 5.88. The third-order valence-electron chi connectivity index (χ3n) is 4.03. The Morgan fingerprint density at radius 3 is 2.78 bits per heavy atom. The van der Waals surface area contributed by atoms with Crippen LogP contribution >= 0.6 is 0 Å². The Kier molecular flexibility index (Phi) is 4.91. The van der Waals surface area contributed by atoms with Crippen LogP contribution in [0.25, 0.3) is 0 Å². The first-order valence-electron chi connectivity index (χ1n) is 8.75. The molecule has 2 N–H and O–H groups in total. The number of benzene rings is 2. The van der Waals surface area contributed by atoms with Gasteiger partial charge in [-0.3, -0.25) is 0 Å². The summed E-state index contributed by atoms with van der Waals surface area (Å²) in [7, 11) is 0. The molecule has 2 aromatic carbocycles. The van der Waals surface area contributed by atoms with Crippen LogP contribution in [0.1, 0.15) is 12.5 Å².